The summed E-state index contributed by atoms with van der Waals surface area (Å²) in [7, 11) is -3.10. The van der Waals surface area contributed by atoms with Gasteiger partial charge >= 0.3 is 0 Å². The number of nitro benzene ring substituents is 1. The van der Waals surface area contributed by atoms with E-state index in [1.807, 2.05) is 0 Å². The van der Waals surface area contributed by atoms with Crippen molar-refractivity contribution >= 4 is 37.1 Å². The van der Waals surface area contributed by atoms with Gasteiger partial charge in [0.1, 0.15) is 11.5 Å². The number of rotatable bonds is 3. The van der Waals surface area contributed by atoms with Gasteiger partial charge in [-0.1, -0.05) is 0 Å². The Kier molecular flexibility index (Phi) is 3.77. The van der Waals surface area contributed by atoms with E-state index in [1.165, 1.54) is 0 Å². The molecule has 0 spiro atoms. The summed E-state index contributed by atoms with van der Waals surface area (Å²) in [6.07, 6.45) is 0.358. The quantitative estimate of drug-likeness (QED) is 0.664. The molecule has 1 N–H and O–H groups in total. The van der Waals surface area contributed by atoms with Gasteiger partial charge in [0, 0.05) is 18.2 Å². The molecule has 9 heteroatoms. The molecule has 1 unspecified atom stereocenters. The summed E-state index contributed by atoms with van der Waals surface area (Å²) in [5.74, 6) is -0.701. The van der Waals surface area contributed by atoms with Gasteiger partial charge in [-0.05, 0) is 22.4 Å². The van der Waals surface area contributed by atoms with Crippen LogP contribution < -0.4 is 5.32 Å². The lowest BCUT2D eigenvalue weighted by Crippen LogP contribution is -2.21. The maximum Gasteiger partial charge on any atom is 0.293 e. The lowest BCUT2D eigenvalue weighted by molar-refractivity contribution is -0.384. The highest BCUT2D eigenvalue weighted by molar-refractivity contribution is 9.10. The van der Waals surface area contributed by atoms with E-state index in [1.54, 1.807) is 0 Å². The molecule has 1 heterocycles. The normalized spacial score (nSPS) is 21.3. The minimum absolute atomic E-state index is 0.00667. The first-order valence-corrected chi connectivity index (χ1v) is 8.00. The third-order valence-electron chi connectivity index (χ3n) is 2.83. The molecule has 0 saturated carbocycles. The Hall–Kier alpha value is -1.22. The molecule has 6 nitrogen and oxygen atoms in total. The maximum atomic E-state index is 13.4. The Morgan fingerprint density at radius 2 is 2.16 bits per heavy atom. The number of halogens is 2. The first-order chi connectivity index (χ1) is 8.78. The van der Waals surface area contributed by atoms with Crippen LogP contribution in [0.2, 0.25) is 0 Å². The fourth-order valence-electron chi connectivity index (χ4n) is 1.93. The van der Waals surface area contributed by atoms with Gasteiger partial charge in [0.15, 0.2) is 9.84 Å². The van der Waals surface area contributed by atoms with E-state index < -0.39 is 26.6 Å². The molecule has 1 aromatic carbocycles. The first-order valence-electron chi connectivity index (χ1n) is 5.39. The second kappa shape index (κ2) is 5.04. The second-order valence-corrected chi connectivity index (χ2v) is 7.37. The minimum Gasteiger partial charge on any atom is -0.376 e. The van der Waals surface area contributed by atoms with Crippen molar-refractivity contribution in [3.05, 3.63) is 32.5 Å². The van der Waals surface area contributed by atoms with Crippen molar-refractivity contribution in [2.75, 3.05) is 16.8 Å². The molecular formula is C10H10BrFN2O4S. The Morgan fingerprint density at radius 1 is 1.47 bits per heavy atom. The number of sulfone groups is 1. The number of hydrogen-bond donors (Lipinski definition) is 1. The number of benzene rings is 1. The van der Waals surface area contributed by atoms with Gasteiger partial charge in [0.2, 0.25) is 0 Å². The van der Waals surface area contributed by atoms with Gasteiger partial charge in [0.05, 0.1) is 20.9 Å². The van der Waals surface area contributed by atoms with Gasteiger partial charge in [-0.3, -0.25) is 10.1 Å². The number of nitrogens with one attached hydrogen (secondary N) is 1. The topological polar surface area (TPSA) is 89.3 Å². The van der Waals surface area contributed by atoms with E-state index in [4.69, 9.17) is 0 Å². The molecule has 0 radical (unpaired) electrons. The Morgan fingerprint density at radius 3 is 2.68 bits per heavy atom. The summed E-state index contributed by atoms with van der Waals surface area (Å²) in [6, 6.07) is 1.62. The third kappa shape index (κ3) is 3.21. The fraction of sp³-hybridized carbons (Fsp3) is 0.400. The summed E-state index contributed by atoms with van der Waals surface area (Å²) >= 11 is 2.88. The van der Waals surface area contributed by atoms with Crippen LogP contribution in [-0.2, 0) is 9.84 Å². The summed E-state index contributed by atoms with van der Waals surface area (Å²) < 4.78 is 36.0. The van der Waals surface area contributed by atoms with Gasteiger partial charge < -0.3 is 5.32 Å². The molecule has 2 rings (SSSR count). The van der Waals surface area contributed by atoms with Crippen LogP contribution in [0.1, 0.15) is 6.42 Å². The molecular weight excluding hydrogens is 343 g/mol. The van der Waals surface area contributed by atoms with Crippen LogP contribution in [0.15, 0.2) is 16.6 Å². The largest absolute Gasteiger partial charge is 0.376 e. The van der Waals surface area contributed by atoms with Gasteiger partial charge in [-0.15, -0.1) is 0 Å². The number of nitrogens with zero attached hydrogens (tertiary/aromatic N) is 1. The van der Waals surface area contributed by atoms with Crippen molar-refractivity contribution in [2.45, 2.75) is 12.5 Å². The highest BCUT2D eigenvalue weighted by atomic mass is 79.9. The van der Waals surface area contributed by atoms with Crippen molar-refractivity contribution in [1.82, 2.24) is 0 Å². The predicted octanol–water partition coefficient (Wildman–Crippen LogP) is 2.10. The minimum atomic E-state index is -3.10. The van der Waals surface area contributed by atoms with Crippen molar-refractivity contribution in [3.63, 3.8) is 0 Å². The van der Waals surface area contributed by atoms with E-state index in [0.29, 0.717) is 6.42 Å². The van der Waals surface area contributed by atoms with Crippen LogP contribution in [0.3, 0.4) is 0 Å². The van der Waals surface area contributed by atoms with E-state index >= 15 is 0 Å². The molecule has 1 aliphatic rings. The highest BCUT2D eigenvalue weighted by Crippen LogP contribution is 2.32. The average Bonchev–Trinajstić information content (AvgIpc) is 2.62. The Labute approximate surface area is 117 Å². The summed E-state index contributed by atoms with van der Waals surface area (Å²) in [5, 5.41) is 13.6. The first kappa shape index (κ1) is 14.2. The molecule has 0 amide bonds. The summed E-state index contributed by atoms with van der Waals surface area (Å²) in [6.45, 7) is 0. The second-order valence-electron chi connectivity index (χ2n) is 4.28. The third-order valence-corrected chi connectivity index (χ3v) is 5.20. The smallest absolute Gasteiger partial charge is 0.293 e. The molecule has 19 heavy (non-hydrogen) atoms. The standard InChI is InChI=1S/C10H10BrFN2O4S/c11-7-3-10(14(15)16)9(4-8(7)12)13-6-1-2-19(17,18)5-6/h3-4,6,13H,1-2,5H2. The van der Waals surface area contributed by atoms with Crippen molar-refractivity contribution in [1.29, 1.82) is 0 Å². The summed E-state index contributed by atoms with van der Waals surface area (Å²) in [5.41, 5.74) is -0.301. The molecule has 1 saturated heterocycles. The molecule has 1 atom stereocenters. The lowest BCUT2D eigenvalue weighted by Gasteiger charge is -2.13. The van der Waals surface area contributed by atoms with Gasteiger partial charge in [-0.2, -0.15) is 0 Å². The highest BCUT2D eigenvalue weighted by Gasteiger charge is 2.29. The van der Waals surface area contributed by atoms with Gasteiger partial charge in [-0.25, -0.2) is 12.8 Å². The average molecular weight is 353 g/mol. The molecule has 1 aromatic rings. The molecule has 104 valence electrons. The zero-order chi connectivity index (χ0) is 14.2. The molecule has 0 bridgehead atoms. The molecule has 0 aliphatic carbocycles. The number of hydrogen-bond acceptors (Lipinski definition) is 5. The monoisotopic (exact) mass is 352 g/mol. The van der Waals surface area contributed by atoms with Crippen LogP contribution in [0.25, 0.3) is 0 Å². The SMILES string of the molecule is O=[N+]([O-])c1cc(Br)c(F)cc1NC1CCS(=O)(=O)C1. The van der Waals surface area contributed by atoms with Crippen LogP contribution in [-0.4, -0.2) is 30.9 Å². The predicted molar refractivity (Wildman–Crippen MR) is 71.4 cm³/mol. The van der Waals surface area contributed by atoms with E-state index in [-0.39, 0.29) is 27.4 Å². The fourth-order valence-corrected chi connectivity index (χ4v) is 3.94. The Balaban J connectivity index is 2.29. The molecule has 1 fully saturated rings. The zero-order valence-electron chi connectivity index (χ0n) is 9.60. The lowest BCUT2D eigenvalue weighted by atomic mass is 10.2. The van der Waals surface area contributed by atoms with Crippen LogP contribution in [0.5, 0.6) is 0 Å². The van der Waals surface area contributed by atoms with Crippen LogP contribution >= 0.6 is 15.9 Å². The summed E-state index contributed by atoms with van der Waals surface area (Å²) in [4.78, 5) is 10.2. The molecule has 1 aliphatic heterocycles. The zero-order valence-corrected chi connectivity index (χ0v) is 12.0. The maximum absolute atomic E-state index is 13.4. The Bertz CT molecular complexity index is 635. The molecule has 0 aromatic heterocycles. The van der Waals surface area contributed by atoms with E-state index in [9.17, 15) is 22.9 Å². The van der Waals surface area contributed by atoms with Crippen molar-refractivity contribution < 1.29 is 17.7 Å². The van der Waals surface area contributed by atoms with Gasteiger partial charge in [0.25, 0.3) is 5.69 Å². The van der Waals surface area contributed by atoms with Crippen LogP contribution in [0, 0.1) is 15.9 Å². The number of nitro groups is 1. The van der Waals surface area contributed by atoms with E-state index in [2.05, 4.69) is 21.2 Å². The number of anilines is 1. The van der Waals surface area contributed by atoms with Crippen LogP contribution in [0.4, 0.5) is 15.8 Å². The van der Waals surface area contributed by atoms with Crippen molar-refractivity contribution in [2.24, 2.45) is 0 Å². The van der Waals surface area contributed by atoms with Crippen molar-refractivity contribution in [3.8, 4) is 0 Å². The van der Waals surface area contributed by atoms with E-state index in [0.717, 1.165) is 12.1 Å².